The number of aryl methyl sites for hydroxylation is 1. The van der Waals surface area contributed by atoms with Crippen LogP contribution in [-0.2, 0) is 11.8 Å². The molecule has 0 aliphatic carbocycles. The Morgan fingerprint density at radius 1 is 1.29 bits per heavy atom. The molecule has 108 valence electrons. The van der Waals surface area contributed by atoms with Crippen LogP contribution in [0.1, 0.15) is 6.92 Å². The molecule has 1 aromatic rings. The third kappa shape index (κ3) is 2.97. The fourth-order valence-corrected chi connectivity index (χ4v) is 2.02. The minimum atomic E-state index is -0.833. The van der Waals surface area contributed by atoms with Crippen LogP contribution in [0.4, 0.5) is 0 Å². The van der Waals surface area contributed by atoms with Gasteiger partial charge in [-0.1, -0.05) is 18.2 Å². The van der Waals surface area contributed by atoms with Gasteiger partial charge in [-0.15, -0.1) is 0 Å². The summed E-state index contributed by atoms with van der Waals surface area (Å²) in [5.41, 5.74) is 0.332. The summed E-state index contributed by atoms with van der Waals surface area (Å²) in [6.45, 7) is 1.08. The predicted molar refractivity (Wildman–Crippen MR) is 77.5 cm³/mol. The number of nitrogens with zero attached hydrogens (tertiary/aromatic N) is 2. The molecule has 21 heavy (non-hydrogen) atoms. The minimum absolute atomic E-state index is 0.400. The second-order valence-electron chi connectivity index (χ2n) is 4.39. The van der Waals surface area contributed by atoms with Crippen molar-refractivity contribution in [1.82, 2.24) is 14.5 Å². The first kappa shape index (κ1) is 14.4. The zero-order valence-corrected chi connectivity index (χ0v) is 11.5. The van der Waals surface area contributed by atoms with E-state index in [-0.39, 0.29) is 0 Å². The normalized spacial score (nSPS) is 10.2. The lowest BCUT2D eigenvalue weighted by molar-refractivity contribution is -0.134. The number of benzene rings is 1. The van der Waals surface area contributed by atoms with Gasteiger partial charge >= 0.3 is 5.69 Å². The van der Waals surface area contributed by atoms with Crippen LogP contribution in [0, 0.1) is 0 Å². The topological polar surface area (TPSA) is 105 Å². The molecule has 0 fully saturated rings. The fourth-order valence-electron chi connectivity index (χ4n) is 2.02. The predicted octanol–water partition coefficient (Wildman–Crippen LogP) is 0.818. The second-order valence-corrected chi connectivity index (χ2v) is 4.39. The van der Waals surface area contributed by atoms with Crippen molar-refractivity contribution in [2.75, 3.05) is 0 Å². The Labute approximate surface area is 118 Å². The molecule has 0 aromatic heterocycles. The maximum Gasteiger partial charge on any atom is 0.349 e. The molecule has 0 bridgehead atoms. The second kappa shape index (κ2) is 5.58. The van der Waals surface area contributed by atoms with Crippen LogP contribution in [0.15, 0.2) is 39.9 Å². The van der Waals surface area contributed by atoms with Gasteiger partial charge in [-0.05, 0) is 17.5 Å². The molecule has 0 unspecified atom stereocenters. The number of para-hydroxylation sites is 1. The van der Waals surface area contributed by atoms with Gasteiger partial charge in [0, 0.05) is 19.5 Å². The van der Waals surface area contributed by atoms with Gasteiger partial charge in [0.1, 0.15) is 0 Å². The first-order chi connectivity index (χ1) is 9.90. The van der Waals surface area contributed by atoms with Gasteiger partial charge in [0.2, 0.25) is 0 Å². The molecule has 0 amide bonds. The Balaban J connectivity index is 0.000000361. The molecule has 2 heterocycles. The fraction of sp³-hybridized carbons (Fsp3) is 0.143. The van der Waals surface area contributed by atoms with E-state index in [1.54, 1.807) is 17.7 Å². The number of pyridine rings is 1. The number of H-pyrrole nitrogens is 1. The number of aromatic amines is 1. The standard InChI is InChI=1S/C12H9N3O2.C2H4O2/c1-15-9-5-3-2-4-7(9)6-8-10(15)13-12(17)14-11(8)16;1-2(3)4/h2-6H,1H3,(H,14,16,17);1H3,(H,3,4). The number of carboxylic acid groups (broad SMARTS) is 1. The summed E-state index contributed by atoms with van der Waals surface area (Å²) in [7, 11) is 1.79. The van der Waals surface area contributed by atoms with E-state index in [1.165, 1.54) is 0 Å². The molecule has 0 saturated carbocycles. The average Bonchev–Trinajstić information content (AvgIpc) is 2.40. The first-order valence-electron chi connectivity index (χ1n) is 6.08. The van der Waals surface area contributed by atoms with E-state index in [2.05, 4.69) is 9.97 Å². The molecule has 2 aliphatic rings. The SMILES string of the molecule is CC(=O)O.Cn1c2nc(=O)[nH]c(=O)c-2cc2ccccc21. The van der Waals surface area contributed by atoms with Crippen molar-refractivity contribution in [2.45, 2.75) is 6.92 Å². The lowest BCUT2D eigenvalue weighted by atomic mass is 10.1. The molecule has 2 aliphatic heterocycles. The average molecular weight is 287 g/mol. The molecule has 0 spiro atoms. The van der Waals surface area contributed by atoms with E-state index in [0.717, 1.165) is 17.8 Å². The van der Waals surface area contributed by atoms with Crippen molar-refractivity contribution >= 4 is 16.9 Å². The third-order valence-corrected chi connectivity index (χ3v) is 2.83. The number of nitrogens with one attached hydrogen (secondary N) is 1. The molecule has 0 atom stereocenters. The van der Waals surface area contributed by atoms with Crippen molar-refractivity contribution in [3.8, 4) is 11.4 Å². The van der Waals surface area contributed by atoms with E-state index >= 15 is 0 Å². The Morgan fingerprint density at radius 3 is 2.57 bits per heavy atom. The quantitative estimate of drug-likeness (QED) is 0.595. The number of aromatic nitrogens is 3. The molecule has 3 rings (SSSR count). The van der Waals surface area contributed by atoms with E-state index in [4.69, 9.17) is 9.90 Å². The molecular weight excluding hydrogens is 274 g/mol. The smallest absolute Gasteiger partial charge is 0.349 e. The van der Waals surface area contributed by atoms with Crippen LogP contribution in [0.2, 0.25) is 0 Å². The molecular formula is C14H13N3O4. The number of fused-ring (bicyclic) bond motifs is 2. The Morgan fingerprint density at radius 2 is 1.90 bits per heavy atom. The Hall–Kier alpha value is -2.96. The van der Waals surface area contributed by atoms with Gasteiger partial charge in [0.05, 0.1) is 5.56 Å². The van der Waals surface area contributed by atoms with Crippen molar-refractivity contribution in [2.24, 2.45) is 7.05 Å². The van der Waals surface area contributed by atoms with Crippen molar-refractivity contribution in [3.05, 3.63) is 51.2 Å². The summed E-state index contributed by atoms with van der Waals surface area (Å²) in [6, 6.07) is 9.38. The monoisotopic (exact) mass is 287 g/mol. The van der Waals surface area contributed by atoms with Crippen LogP contribution in [0.5, 0.6) is 0 Å². The number of aliphatic carboxylic acids is 1. The van der Waals surface area contributed by atoms with Gasteiger partial charge < -0.3 is 9.67 Å². The molecule has 7 nitrogen and oxygen atoms in total. The molecule has 2 N–H and O–H groups in total. The highest BCUT2D eigenvalue weighted by molar-refractivity contribution is 5.85. The number of carboxylic acids is 1. The zero-order valence-electron chi connectivity index (χ0n) is 11.5. The number of hydrogen-bond donors (Lipinski definition) is 2. The largest absolute Gasteiger partial charge is 0.481 e. The zero-order chi connectivity index (χ0) is 15.6. The summed E-state index contributed by atoms with van der Waals surface area (Å²) in [4.78, 5) is 37.9. The number of hydrogen-bond acceptors (Lipinski definition) is 4. The van der Waals surface area contributed by atoms with Crippen molar-refractivity contribution in [3.63, 3.8) is 0 Å². The Bertz CT molecular complexity index is 891. The lowest BCUT2D eigenvalue weighted by Gasteiger charge is -2.12. The highest BCUT2D eigenvalue weighted by Crippen LogP contribution is 2.21. The van der Waals surface area contributed by atoms with E-state index in [9.17, 15) is 9.59 Å². The lowest BCUT2D eigenvalue weighted by Crippen LogP contribution is -2.27. The third-order valence-electron chi connectivity index (χ3n) is 2.83. The summed E-state index contributed by atoms with van der Waals surface area (Å²) in [6.07, 6.45) is 0. The maximum absolute atomic E-state index is 11.7. The van der Waals surface area contributed by atoms with Gasteiger partial charge in [0.25, 0.3) is 11.5 Å². The van der Waals surface area contributed by atoms with Gasteiger partial charge in [-0.3, -0.25) is 14.6 Å². The highest BCUT2D eigenvalue weighted by Gasteiger charge is 2.13. The van der Waals surface area contributed by atoms with Crippen LogP contribution in [0.3, 0.4) is 0 Å². The van der Waals surface area contributed by atoms with Crippen LogP contribution < -0.4 is 11.2 Å². The van der Waals surface area contributed by atoms with Crippen molar-refractivity contribution < 1.29 is 9.90 Å². The number of carbonyl (C=O) groups is 1. The van der Waals surface area contributed by atoms with Gasteiger partial charge in [-0.25, -0.2) is 4.79 Å². The van der Waals surface area contributed by atoms with Gasteiger partial charge in [0.15, 0.2) is 5.82 Å². The molecule has 1 aromatic carbocycles. The Kier molecular flexibility index (Phi) is 3.84. The summed E-state index contributed by atoms with van der Waals surface area (Å²) in [5.74, 6) is -0.433. The van der Waals surface area contributed by atoms with E-state index in [1.807, 2.05) is 24.3 Å². The van der Waals surface area contributed by atoms with Crippen LogP contribution in [-0.4, -0.2) is 25.6 Å². The van der Waals surface area contributed by atoms with Crippen molar-refractivity contribution in [1.29, 1.82) is 0 Å². The molecule has 7 heteroatoms. The van der Waals surface area contributed by atoms with Gasteiger partial charge in [-0.2, -0.15) is 4.98 Å². The summed E-state index contributed by atoms with van der Waals surface area (Å²) in [5, 5.41) is 8.36. The molecule has 0 saturated heterocycles. The first-order valence-corrected chi connectivity index (χ1v) is 6.08. The highest BCUT2D eigenvalue weighted by atomic mass is 16.4. The van der Waals surface area contributed by atoms with E-state index < -0.39 is 17.2 Å². The maximum atomic E-state index is 11.7. The number of rotatable bonds is 0. The summed E-state index contributed by atoms with van der Waals surface area (Å²) >= 11 is 0. The molecule has 0 radical (unpaired) electrons. The van der Waals surface area contributed by atoms with Crippen LogP contribution in [0.25, 0.3) is 22.3 Å². The summed E-state index contributed by atoms with van der Waals surface area (Å²) < 4.78 is 1.75. The minimum Gasteiger partial charge on any atom is -0.481 e. The van der Waals surface area contributed by atoms with E-state index in [0.29, 0.717) is 11.4 Å². The van der Waals surface area contributed by atoms with Crippen LogP contribution >= 0.6 is 0 Å².